The Morgan fingerprint density at radius 2 is 1.96 bits per heavy atom. The molecule has 1 amide bonds. The predicted molar refractivity (Wildman–Crippen MR) is 97.3 cm³/mol. The predicted octanol–water partition coefficient (Wildman–Crippen LogP) is 3.08. The van der Waals surface area contributed by atoms with Crippen molar-refractivity contribution in [3.63, 3.8) is 0 Å². The third-order valence-electron chi connectivity index (χ3n) is 3.95. The highest BCUT2D eigenvalue weighted by molar-refractivity contribution is 5.94. The maximum atomic E-state index is 12.2. The van der Waals surface area contributed by atoms with Gasteiger partial charge in [0.25, 0.3) is 5.91 Å². The van der Waals surface area contributed by atoms with Gasteiger partial charge in [-0.05, 0) is 42.7 Å². The fraction of sp³-hybridized carbons (Fsp3) is 0.421. The first kappa shape index (κ1) is 17.9. The van der Waals surface area contributed by atoms with E-state index in [4.69, 9.17) is 0 Å². The van der Waals surface area contributed by atoms with E-state index in [9.17, 15) is 4.79 Å². The molecule has 0 aliphatic heterocycles. The first-order chi connectivity index (χ1) is 11.7. The molecule has 128 valence electrons. The van der Waals surface area contributed by atoms with E-state index in [0.29, 0.717) is 5.56 Å². The Morgan fingerprint density at radius 3 is 2.71 bits per heavy atom. The van der Waals surface area contributed by atoms with Crippen molar-refractivity contribution in [2.24, 2.45) is 0 Å². The lowest BCUT2D eigenvalue weighted by Gasteiger charge is -2.18. The van der Waals surface area contributed by atoms with Gasteiger partial charge in [-0.25, -0.2) is 4.98 Å². The molecule has 0 aliphatic carbocycles. The minimum absolute atomic E-state index is 0.0303. The summed E-state index contributed by atoms with van der Waals surface area (Å²) in [5.41, 5.74) is 1.90. The van der Waals surface area contributed by atoms with Crippen molar-refractivity contribution >= 4 is 11.7 Å². The number of carbonyl (C=O) groups is 1. The quantitative estimate of drug-likeness (QED) is 0.720. The second-order valence-corrected chi connectivity index (χ2v) is 5.89. The van der Waals surface area contributed by atoms with Gasteiger partial charge < -0.3 is 10.2 Å². The number of unbranched alkanes of at least 4 members (excludes halogenated alkanes) is 2. The number of hydrogen-bond acceptors (Lipinski definition) is 4. The van der Waals surface area contributed by atoms with Gasteiger partial charge in [0.2, 0.25) is 0 Å². The molecule has 0 spiro atoms. The zero-order valence-corrected chi connectivity index (χ0v) is 14.5. The van der Waals surface area contributed by atoms with E-state index in [1.165, 1.54) is 5.56 Å². The zero-order chi connectivity index (χ0) is 17.2. The molecular weight excluding hydrogens is 300 g/mol. The van der Waals surface area contributed by atoms with Gasteiger partial charge in [-0.2, -0.15) is 0 Å². The SMILES string of the molecule is CCCCCNC(=O)c1ccnc(N(C)CCc2ccncc2)c1. The van der Waals surface area contributed by atoms with Crippen LogP contribution in [-0.4, -0.2) is 36.0 Å². The van der Waals surface area contributed by atoms with Crippen molar-refractivity contribution in [3.05, 3.63) is 54.0 Å². The number of amides is 1. The summed E-state index contributed by atoms with van der Waals surface area (Å²) < 4.78 is 0. The Morgan fingerprint density at radius 1 is 1.17 bits per heavy atom. The van der Waals surface area contributed by atoms with Crippen LogP contribution in [0.5, 0.6) is 0 Å². The number of rotatable bonds is 9. The lowest BCUT2D eigenvalue weighted by molar-refractivity contribution is 0.0953. The number of anilines is 1. The van der Waals surface area contributed by atoms with Gasteiger partial charge in [-0.3, -0.25) is 9.78 Å². The summed E-state index contributed by atoms with van der Waals surface area (Å²) in [6.07, 6.45) is 9.52. The van der Waals surface area contributed by atoms with Gasteiger partial charge in [0.15, 0.2) is 0 Å². The largest absolute Gasteiger partial charge is 0.359 e. The molecule has 0 saturated carbocycles. The van der Waals surface area contributed by atoms with Crippen molar-refractivity contribution in [2.45, 2.75) is 32.6 Å². The summed E-state index contributed by atoms with van der Waals surface area (Å²) in [5.74, 6) is 0.780. The Hall–Kier alpha value is -2.43. The van der Waals surface area contributed by atoms with Gasteiger partial charge in [-0.15, -0.1) is 0 Å². The molecule has 0 aliphatic rings. The molecule has 5 nitrogen and oxygen atoms in total. The molecule has 0 saturated heterocycles. The molecule has 0 radical (unpaired) electrons. The highest BCUT2D eigenvalue weighted by atomic mass is 16.1. The zero-order valence-electron chi connectivity index (χ0n) is 14.5. The van der Waals surface area contributed by atoms with Crippen molar-refractivity contribution < 1.29 is 4.79 Å². The summed E-state index contributed by atoms with van der Waals surface area (Å²) in [7, 11) is 1.99. The van der Waals surface area contributed by atoms with Crippen LogP contribution in [0.1, 0.15) is 42.1 Å². The van der Waals surface area contributed by atoms with Gasteiger partial charge >= 0.3 is 0 Å². The van der Waals surface area contributed by atoms with Crippen LogP contribution < -0.4 is 10.2 Å². The van der Waals surface area contributed by atoms with Crippen LogP contribution in [0, 0.1) is 0 Å². The molecule has 2 aromatic rings. The number of likely N-dealkylation sites (N-methyl/N-ethyl adjacent to an activating group) is 1. The number of pyridine rings is 2. The Bertz CT molecular complexity index is 630. The first-order valence-corrected chi connectivity index (χ1v) is 8.55. The normalized spacial score (nSPS) is 10.4. The third-order valence-corrected chi connectivity index (χ3v) is 3.95. The third kappa shape index (κ3) is 5.65. The molecule has 2 aromatic heterocycles. The van der Waals surface area contributed by atoms with Crippen LogP contribution in [0.3, 0.4) is 0 Å². The van der Waals surface area contributed by atoms with Gasteiger partial charge in [-0.1, -0.05) is 19.8 Å². The minimum Gasteiger partial charge on any atom is -0.359 e. The van der Waals surface area contributed by atoms with Gasteiger partial charge in [0.05, 0.1) is 0 Å². The van der Waals surface area contributed by atoms with E-state index in [0.717, 1.165) is 44.6 Å². The van der Waals surface area contributed by atoms with Crippen LogP contribution in [0.4, 0.5) is 5.82 Å². The van der Waals surface area contributed by atoms with E-state index in [2.05, 4.69) is 27.1 Å². The van der Waals surface area contributed by atoms with E-state index >= 15 is 0 Å². The Kier molecular flexibility index (Phi) is 7.21. The second kappa shape index (κ2) is 9.65. The average Bonchev–Trinajstić information content (AvgIpc) is 2.64. The lowest BCUT2D eigenvalue weighted by atomic mass is 10.2. The van der Waals surface area contributed by atoms with Crippen LogP contribution in [0.2, 0.25) is 0 Å². The Labute approximate surface area is 144 Å². The smallest absolute Gasteiger partial charge is 0.251 e. The summed E-state index contributed by atoms with van der Waals surface area (Å²) in [4.78, 5) is 22.7. The van der Waals surface area contributed by atoms with E-state index in [1.807, 2.05) is 25.2 Å². The average molecular weight is 326 g/mol. The Balaban J connectivity index is 1.90. The highest BCUT2D eigenvalue weighted by Gasteiger charge is 2.09. The molecule has 24 heavy (non-hydrogen) atoms. The standard InChI is InChI=1S/C19H26N4O/c1-3-4-5-10-22-19(24)17-8-13-21-18(15-17)23(2)14-9-16-6-11-20-12-7-16/h6-8,11-13,15H,3-5,9-10,14H2,1-2H3,(H,22,24). The van der Waals surface area contributed by atoms with Crippen LogP contribution in [0.15, 0.2) is 42.9 Å². The summed E-state index contributed by atoms with van der Waals surface area (Å²) >= 11 is 0. The van der Waals surface area contributed by atoms with Crippen molar-refractivity contribution in [1.82, 2.24) is 15.3 Å². The molecule has 0 fully saturated rings. The summed E-state index contributed by atoms with van der Waals surface area (Å²) in [5, 5.41) is 2.97. The van der Waals surface area contributed by atoms with Crippen LogP contribution in [-0.2, 0) is 6.42 Å². The summed E-state index contributed by atoms with van der Waals surface area (Å²) in [6, 6.07) is 7.64. The molecule has 0 unspecified atom stereocenters. The van der Waals surface area contributed by atoms with Gasteiger partial charge in [0.1, 0.15) is 5.82 Å². The summed E-state index contributed by atoms with van der Waals surface area (Å²) in [6.45, 7) is 3.71. The monoisotopic (exact) mass is 326 g/mol. The van der Waals surface area contributed by atoms with Crippen molar-refractivity contribution in [3.8, 4) is 0 Å². The van der Waals surface area contributed by atoms with E-state index in [1.54, 1.807) is 24.7 Å². The minimum atomic E-state index is -0.0303. The maximum absolute atomic E-state index is 12.2. The highest BCUT2D eigenvalue weighted by Crippen LogP contribution is 2.12. The molecule has 0 bridgehead atoms. The topological polar surface area (TPSA) is 58.1 Å². The number of hydrogen-bond donors (Lipinski definition) is 1. The molecule has 5 heteroatoms. The molecule has 0 atom stereocenters. The molecule has 2 rings (SSSR count). The molecule has 0 aromatic carbocycles. The number of nitrogens with zero attached hydrogens (tertiary/aromatic N) is 3. The fourth-order valence-electron chi connectivity index (χ4n) is 2.41. The molecule has 2 heterocycles. The second-order valence-electron chi connectivity index (χ2n) is 5.89. The van der Waals surface area contributed by atoms with Crippen LogP contribution >= 0.6 is 0 Å². The van der Waals surface area contributed by atoms with Crippen molar-refractivity contribution in [2.75, 3.05) is 25.0 Å². The maximum Gasteiger partial charge on any atom is 0.251 e. The first-order valence-electron chi connectivity index (χ1n) is 8.55. The number of carbonyl (C=O) groups excluding carboxylic acids is 1. The van der Waals surface area contributed by atoms with Crippen LogP contribution in [0.25, 0.3) is 0 Å². The fourth-order valence-corrected chi connectivity index (χ4v) is 2.41. The van der Waals surface area contributed by atoms with Gasteiger partial charge in [0, 0.05) is 44.3 Å². The van der Waals surface area contributed by atoms with Crippen molar-refractivity contribution in [1.29, 1.82) is 0 Å². The number of aromatic nitrogens is 2. The molecule has 1 N–H and O–H groups in total. The number of nitrogens with one attached hydrogen (secondary N) is 1. The van der Waals surface area contributed by atoms with E-state index < -0.39 is 0 Å². The van der Waals surface area contributed by atoms with E-state index in [-0.39, 0.29) is 5.91 Å². The lowest BCUT2D eigenvalue weighted by Crippen LogP contribution is -2.26. The molecular formula is C19H26N4O.